The normalized spacial score (nSPS) is 14.2. The van der Waals surface area contributed by atoms with Crippen molar-refractivity contribution in [3.63, 3.8) is 0 Å². The maximum Gasteiger partial charge on any atom is 0.262 e. The van der Waals surface area contributed by atoms with E-state index < -0.39 is 0 Å². The van der Waals surface area contributed by atoms with E-state index in [2.05, 4.69) is 16.9 Å². The molecule has 1 heterocycles. The van der Waals surface area contributed by atoms with E-state index in [1.54, 1.807) is 24.3 Å². The van der Waals surface area contributed by atoms with Crippen molar-refractivity contribution in [2.75, 3.05) is 0 Å². The van der Waals surface area contributed by atoms with Gasteiger partial charge in [0.2, 0.25) is 0 Å². The van der Waals surface area contributed by atoms with E-state index in [9.17, 15) is 9.59 Å². The average molecular weight is 450 g/mol. The summed E-state index contributed by atoms with van der Waals surface area (Å²) in [6.07, 6.45) is 7.84. The highest BCUT2D eigenvalue weighted by Crippen LogP contribution is 2.24. The number of nitrogens with zero attached hydrogens (tertiary/aromatic N) is 1. The van der Waals surface area contributed by atoms with Gasteiger partial charge >= 0.3 is 0 Å². The van der Waals surface area contributed by atoms with Crippen LogP contribution < -0.4 is 15.6 Å². The number of fused-ring (bicyclic) bond motifs is 1. The van der Waals surface area contributed by atoms with Gasteiger partial charge in [-0.2, -0.15) is 0 Å². The fraction of sp³-hybridized carbons (Fsp3) is 0.320. The van der Waals surface area contributed by atoms with Crippen molar-refractivity contribution in [2.24, 2.45) is 0 Å². The predicted octanol–water partition coefficient (Wildman–Crippen LogP) is 4.89. The summed E-state index contributed by atoms with van der Waals surface area (Å²) >= 11 is 5.27. The summed E-state index contributed by atoms with van der Waals surface area (Å²) < 4.78 is 7.86. The Morgan fingerprint density at radius 1 is 1.22 bits per heavy atom. The van der Waals surface area contributed by atoms with Gasteiger partial charge < -0.3 is 15.0 Å². The minimum absolute atomic E-state index is 0.203. The number of hydrogen-bond donors (Lipinski definition) is 2. The van der Waals surface area contributed by atoms with E-state index in [1.807, 2.05) is 24.3 Å². The third-order valence-electron chi connectivity index (χ3n) is 5.76. The third kappa shape index (κ3) is 4.99. The molecule has 0 spiro atoms. The Morgan fingerprint density at radius 2 is 2.03 bits per heavy atom. The number of nitrogens with one attached hydrogen (secondary N) is 2. The van der Waals surface area contributed by atoms with Crippen LogP contribution in [-0.4, -0.2) is 21.6 Å². The van der Waals surface area contributed by atoms with Gasteiger partial charge in [0.1, 0.15) is 5.75 Å². The Labute approximate surface area is 191 Å². The highest BCUT2D eigenvalue weighted by atomic mass is 32.1. The number of benzene rings is 2. The molecule has 1 saturated carbocycles. The van der Waals surface area contributed by atoms with Crippen LogP contribution in [0.25, 0.3) is 10.9 Å². The van der Waals surface area contributed by atoms with Crippen LogP contribution in [0.1, 0.15) is 48.0 Å². The van der Waals surface area contributed by atoms with Gasteiger partial charge in [0.15, 0.2) is 4.77 Å². The number of carbonyl (C=O) groups excluding carboxylic acids is 1. The lowest BCUT2D eigenvalue weighted by molar-refractivity contribution is 0.0951. The first-order chi connectivity index (χ1) is 15.5. The van der Waals surface area contributed by atoms with Crippen LogP contribution in [0.5, 0.6) is 5.75 Å². The highest BCUT2D eigenvalue weighted by molar-refractivity contribution is 7.71. The standard InChI is InChI=1S/C25H27N3O3S/c1-2-13-28-24(30)21-12-11-18(15-22(21)27-25(28)32)23(29)26-16-17-7-6-10-20(14-17)31-19-8-4-3-5-9-19/h2,6-7,10-12,14-15,19H,1,3-5,8-9,13,16H2,(H,26,29)(H,27,32). The maximum atomic E-state index is 12.7. The summed E-state index contributed by atoms with van der Waals surface area (Å²) in [6.45, 7) is 4.37. The molecule has 32 heavy (non-hydrogen) atoms. The van der Waals surface area contributed by atoms with E-state index in [-0.39, 0.29) is 17.6 Å². The van der Waals surface area contributed by atoms with Gasteiger partial charge in [0.05, 0.1) is 17.0 Å². The van der Waals surface area contributed by atoms with Gasteiger partial charge in [-0.1, -0.05) is 24.6 Å². The lowest BCUT2D eigenvalue weighted by atomic mass is 9.98. The van der Waals surface area contributed by atoms with Crippen LogP contribution in [-0.2, 0) is 13.1 Å². The van der Waals surface area contributed by atoms with Crippen LogP contribution in [0.2, 0.25) is 0 Å². The molecule has 0 saturated heterocycles. The van der Waals surface area contributed by atoms with E-state index in [0.717, 1.165) is 24.2 Å². The molecule has 1 aliphatic rings. The number of hydrogen-bond acceptors (Lipinski definition) is 4. The molecule has 166 valence electrons. The van der Waals surface area contributed by atoms with E-state index in [1.165, 1.54) is 23.8 Å². The number of aromatic nitrogens is 2. The zero-order valence-corrected chi connectivity index (χ0v) is 18.7. The van der Waals surface area contributed by atoms with Crippen molar-refractivity contribution in [1.82, 2.24) is 14.9 Å². The zero-order chi connectivity index (χ0) is 22.5. The quantitative estimate of drug-likeness (QED) is 0.398. The highest BCUT2D eigenvalue weighted by Gasteiger charge is 2.15. The Hall–Kier alpha value is -3.19. The summed E-state index contributed by atoms with van der Waals surface area (Å²) in [4.78, 5) is 28.4. The van der Waals surface area contributed by atoms with E-state index in [0.29, 0.717) is 34.3 Å². The molecule has 0 bridgehead atoms. The van der Waals surface area contributed by atoms with Gasteiger partial charge in [-0.3, -0.25) is 14.2 Å². The molecule has 6 nitrogen and oxygen atoms in total. The molecule has 2 aromatic carbocycles. The number of amides is 1. The van der Waals surface area contributed by atoms with Gasteiger partial charge in [-0.05, 0) is 73.8 Å². The smallest absolute Gasteiger partial charge is 0.262 e. The minimum atomic E-state index is -0.222. The van der Waals surface area contributed by atoms with Gasteiger partial charge in [-0.25, -0.2) is 0 Å². The first kappa shape index (κ1) is 22.0. The van der Waals surface area contributed by atoms with Crippen molar-refractivity contribution in [2.45, 2.75) is 51.3 Å². The fourth-order valence-electron chi connectivity index (χ4n) is 4.08. The molecule has 0 aliphatic heterocycles. The lowest BCUT2D eigenvalue weighted by Crippen LogP contribution is -2.24. The molecule has 1 amide bonds. The molecule has 0 unspecified atom stereocenters. The SMILES string of the molecule is C=CCn1c(=S)[nH]c2cc(C(=O)NCc3cccc(OC4CCCCC4)c3)ccc2c1=O. The monoisotopic (exact) mass is 449 g/mol. The number of carbonyl (C=O) groups is 1. The summed E-state index contributed by atoms with van der Waals surface area (Å²) in [6, 6.07) is 12.8. The first-order valence-corrected chi connectivity index (χ1v) is 11.4. The summed E-state index contributed by atoms with van der Waals surface area (Å²) in [5.74, 6) is 0.623. The molecule has 0 atom stereocenters. The van der Waals surface area contributed by atoms with Crippen molar-refractivity contribution in [1.29, 1.82) is 0 Å². The molecule has 3 aromatic rings. The number of rotatable bonds is 7. The van der Waals surface area contributed by atoms with Gasteiger partial charge in [-0.15, -0.1) is 6.58 Å². The van der Waals surface area contributed by atoms with Crippen LogP contribution in [0.3, 0.4) is 0 Å². The summed E-state index contributed by atoms with van der Waals surface area (Å²) in [7, 11) is 0. The van der Waals surface area contributed by atoms with Crippen LogP contribution in [0.4, 0.5) is 0 Å². The molecule has 1 fully saturated rings. The molecule has 1 aromatic heterocycles. The Kier molecular flexibility index (Phi) is 6.85. The molecule has 0 radical (unpaired) electrons. The second kappa shape index (κ2) is 9.96. The second-order valence-corrected chi connectivity index (χ2v) is 8.49. The molecular weight excluding hydrogens is 422 g/mol. The average Bonchev–Trinajstić information content (AvgIpc) is 2.81. The molecule has 7 heteroatoms. The minimum Gasteiger partial charge on any atom is -0.490 e. The Balaban J connectivity index is 1.45. The van der Waals surface area contributed by atoms with Crippen LogP contribution >= 0.6 is 12.2 Å². The number of aromatic amines is 1. The van der Waals surface area contributed by atoms with E-state index >= 15 is 0 Å². The Bertz CT molecular complexity index is 1260. The summed E-state index contributed by atoms with van der Waals surface area (Å²) in [5.41, 5.74) is 1.76. The third-order valence-corrected chi connectivity index (χ3v) is 6.08. The molecule has 2 N–H and O–H groups in total. The molecule has 4 rings (SSSR count). The largest absolute Gasteiger partial charge is 0.490 e. The predicted molar refractivity (Wildman–Crippen MR) is 129 cm³/mol. The van der Waals surface area contributed by atoms with E-state index in [4.69, 9.17) is 17.0 Å². The number of H-pyrrole nitrogens is 1. The second-order valence-electron chi connectivity index (χ2n) is 8.10. The van der Waals surface area contributed by atoms with Crippen molar-refractivity contribution in [3.8, 4) is 5.75 Å². The maximum absolute atomic E-state index is 12.7. The summed E-state index contributed by atoms with van der Waals surface area (Å²) in [5, 5.41) is 3.42. The lowest BCUT2D eigenvalue weighted by Gasteiger charge is -2.23. The number of ether oxygens (including phenoxy) is 1. The molecular formula is C25H27N3O3S. The Morgan fingerprint density at radius 3 is 2.81 bits per heavy atom. The number of allylic oxidation sites excluding steroid dienone is 1. The zero-order valence-electron chi connectivity index (χ0n) is 17.9. The first-order valence-electron chi connectivity index (χ1n) is 11.0. The van der Waals surface area contributed by atoms with Crippen molar-refractivity contribution < 1.29 is 9.53 Å². The molecule has 1 aliphatic carbocycles. The fourth-order valence-corrected chi connectivity index (χ4v) is 4.35. The van der Waals surface area contributed by atoms with Crippen LogP contribution in [0.15, 0.2) is 59.9 Å². The van der Waals surface area contributed by atoms with Crippen molar-refractivity contribution >= 4 is 29.0 Å². The van der Waals surface area contributed by atoms with Gasteiger partial charge in [0, 0.05) is 18.7 Å². The van der Waals surface area contributed by atoms with Crippen molar-refractivity contribution in [3.05, 3.63) is 81.4 Å². The van der Waals surface area contributed by atoms with Gasteiger partial charge in [0.25, 0.3) is 11.5 Å². The topological polar surface area (TPSA) is 76.1 Å². The van der Waals surface area contributed by atoms with Crippen LogP contribution in [0, 0.1) is 4.77 Å².